The topological polar surface area (TPSA) is 106 Å². The maximum Gasteiger partial charge on any atom is 0.217 e. The highest BCUT2D eigenvalue weighted by Gasteiger charge is 2.39. The minimum absolute atomic E-state index is 0.213. The first-order chi connectivity index (χ1) is 14.1. The monoisotopic (exact) mass is 386 g/mol. The van der Waals surface area contributed by atoms with Crippen LogP contribution >= 0.6 is 0 Å². The van der Waals surface area contributed by atoms with Crippen LogP contribution in [0.5, 0.6) is 5.75 Å². The number of aryl methyl sites for hydroxylation is 1. The van der Waals surface area contributed by atoms with Crippen LogP contribution in [0.1, 0.15) is 24.8 Å². The fourth-order valence-corrected chi connectivity index (χ4v) is 3.97. The summed E-state index contributed by atoms with van der Waals surface area (Å²) >= 11 is 0. The number of rotatable bonds is 5. The lowest BCUT2D eigenvalue weighted by molar-refractivity contribution is -0.118. The number of ether oxygens (including phenoxy) is 1. The maximum atomic E-state index is 11.1. The second-order valence-corrected chi connectivity index (χ2v) is 7.55. The third-order valence-corrected chi connectivity index (χ3v) is 5.39. The first-order valence-corrected chi connectivity index (χ1v) is 9.71. The van der Waals surface area contributed by atoms with Crippen molar-refractivity contribution in [2.24, 2.45) is 11.7 Å². The molecule has 0 spiro atoms. The number of nitriles is 1. The molecule has 0 saturated heterocycles. The molecule has 1 fully saturated rings. The Morgan fingerprint density at radius 3 is 3.10 bits per heavy atom. The first kappa shape index (κ1) is 17.6. The SMILES string of the molecule is N#Cc1cccc(-c2nc3cc(N[C]4C[C@H]4CC(N)=O)cc4c3n2CCCO4)c1. The van der Waals surface area contributed by atoms with Crippen molar-refractivity contribution in [1.82, 2.24) is 9.55 Å². The largest absolute Gasteiger partial charge is 0.491 e. The van der Waals surface area contributed by atoms with Crippen molar-refractivity contribution in [3.8, 4) is 23.2 Å². The van der Waals surface area contributed by atoms with Gasteiger partial charge in [-0.25, -0.2) is 4.98 Å². The van der Waals surface area contributed by atoms with Crippen molar-refractivity contribution < 1.29 is 9.53 Å². The van der Waals surface area contributed by atoms with Crippen molar-refractivity contribution in [3.63, 3.8) is 0 Å². The molecular formula is C22H20N5O2. The molecule has 1 aliphatic carbocycles. The van der Waals surface area contributed by atoms with Crippen LogP contribution in [0.25, 0.3) is 22.4 Å². The van der Waals surface area contributed by atoms with Crippen LogP contribution in [0.4, 0.5) is 5.69 Å². The van der Waals surface area contributed by atoms with E-state index in [-0.39, 0.29) is 11.8 Å². The van der Waals surface area contributed by atoms with Gasteiger partial charge in [-0.15, -0.1) is 0 Å². The van der Waals surface area contributed by atoms with Gasteiger partial charge in [0.2, 0.25) is 5.91 Å². The van der Waals surface area contributed by atoms with Gasteiger partial charge in [0.15, 0.2) is 0 Å². The highest BCUT2D eigenvalue weighted by molar-refractivity contribution is 5.90. The number of primary amides is 1. The van der Waals surface area contributed by atoms with E-state index in [2.05, 4.69) is 16.0 Å². The fourth-order valence-electron chi connectivity index (χ4n) is 3.97. The van der Waals surface area contributed by atoms with E-state index in [0.29, 0.717) is 18.6 Å². The molecule has 1 aromatic heterocycles. The molecule has 5 rings (SSSR count). The third-order valence-electron chi connectivity index (χ3n) is 5.39. The zero-order valence-corrected chi connectivity index (χ0v) is 15.8. The lowest BCUT2D eigenvalue weighted by Gasteiger charge is -2.10. The van der Waals surface area contributed by atoms with Crippen LogP contribution in [-0.2, 0) is 11.3 Å². The van der Waals surface area contributed by atoms with E-state index >= 15 is 0 Å². The van der Waals surface area contributed by atoms with E-state index in [9.17, 15) is 10.1 Å². The summed E-state index contributed by atoms with van der Waals surface area (Å²) in [6, 6.07) is 14.8. The Hall–Kier alpha value is -3.53. The number of benzene rings is 2. The van der Waals surface area contributed by atoms with Gasteiger partial charge in [0.1, 0.15) is 17.1 Å². The minimum atomic E-state index is -0.278. The van der Waals surface area contributed by atoms with Gasteiger partial charge in [0, 0.05) is 30.3 Å². The average Bonchev–Trinajstić information content (AvgIpc) is 3.37. The number of imidazole rings is 1. The molecule has 1 aliphatic heterocycles. The van der Waals surface area contributed by atoms with E-state index in [1.807, 2.05) is 30.3 Å². The number of hydrogen-bond acceptors (Lipinski definition) is 5. The summed E-state index contributed by atoms with van der Waals surface area (Å²) in [5.74, 6) is 1.57. The van der Waals surface area contributed by atoms with Crippen LogP contribution in [0, 0.1) is 23.3 Å². The molecule has 1 amide bonds. The van der Waals surface area contributed by atoms with E-state index < -0.39 is 0 Å². The van der Waals surface area contributed by atoms with Crippen molar-refractivity contribution in [3.05, 3.63) is 48.0 Å². The van der Waals surface area contributed by atoms with Crippen molar-refractivity contribution in [2.45, 2.75) is 25.8 Å². The summed E-state index contributed by atoms with van der Waals surface area (Å²) in [7, 11) is 0. The van der Waals surface area contributed by atoms with Crippen LogP contribution in [0.2, 0.25) is 0 Å². The summed E-state index contributed by atoms with van der Waals surface area (Å²) in [5, 5.41) is 12.6. The molecule has 0 unspecified atom stereocenters. The molecule has 145 valence electrons. The van der Waals surface area contributed by atoms with Crippen LogP contribution < -0.4 is 15.8 Å². The summed E-state index contributed by atoms with van der Waals surface area (Å²) in [6.45, 7) is 1.44. The van der Waals surface area contributed by atoms with Gasteiger partial charge in [-0.05, 0) is 37.0 Å². The van der Waals surface area contributed by atoms with Gasteiger partial charge in [0.25, 0.3) is 0 Å². The molecule has 2 aliphatic rings. The van der Waals surface area contributed by atoms with Gasteiger partial charge in [-0.3, -0.25) is 4.79 Å². The van der Waals surface area contributed by atoms with Gasteiger partial charge >= 0.3 is 0 Å². The number of carbonyl (C=O) groups excluding carboxylic acids is 1. The van der Waals surface area contributed by atoms with Crippen LogP contribution in [-0.4, -0.2) is 22.1 Å². The molecule has 7 heteroatoms. The Kier molecular flexibility index (Phi) is 4.13. The summed E-state index contributed by atoms with van der Waals surface area (Å²) in [4.78, 5) is 16.0. The van der Waals surface area contributed by atoms with Crippen molar-refractivity contribution in [1.29, 1.82) is 5.26 Å². The number of amides is 1. The number of anilines is 1. The molecule has 3 N–H and O–H groups in total. The lowest BCUT2D eigenvalue weighted by atomic mass is 10.1. The Morgan fingerprint density at radius 1 is 1.38 bits per heavy atom. The van der Waals surface area contributed by atoms with Gasteiger partial charge in [0.05, 0.1) is 29.8 Å². The smallest absolute Gasteiger partial charge is 0.217 e. The summed E-state index contributed by atoms with van der Waals surface area (Å²) < 4.78 is 8.19. The van der Waals surface area contributed by atoms with Crippen LogP contribution in [0.15, 0.2) is 36.4 Å². The number of nitrogens with zero attached hydrogens (tertiary/aromatic N) is 3. The Balaban J connectivity index is 1.54. The quantitative estimate of drug-likeness (QED) is 0.700. The van der Waals surface area contributed by atoms with Crippen LogP contribution in [0.3, 0.4) is 0 Å². The van der Waals surface area contributed by atoms with Gasteiger partial charge < -0.3 is 20.4 Å². The number of nitrogens with one attached hydrogen (secondary N) is 1. The normalized spacial score (nSPS) is 18.0. The number of aromatic nitrogens is 2. The molecule has 1 saturated carbocycles. The highest BCUT2D eigenvalue weighted by Crippen LogP contribution is 2.45. The van der Waals surface area contributed by atoms with Gasteiger partial charge in [-0.2, -0.15) is 5.26 Å². The second kappa shape index (κ2) is 6.82. The maximum absolute atomic E-state index is 11.1. The summed E-state index contributed by atoms with van der Waals surface area (Å²) in [5.41, 5.74) is 9.54. The molecular weight excluding hydrogens is 366 g/mol. The Labute approximate surface area is 168 Å². The number of nitrogens with two attached hydrogens (primary N) is 1. The predicted molar refractivity (Wildman–Crippen MR) is 109 cm³/mol. The Morgan fingerprint density at radius 2 is 2.28 bits per heavy atom. The average molecular weight is 386 g/mol. The zero-order chi connectivity index (χ0) is 20.0. The second-order valence-electron chi connectivity index (χ2n) is 7.55. The van der Waals surface area contributed by atoms with E-state index in [1.54, 1.807) is 6.07 Å². The first-order valence-electron chi connectivity index (χ1n) is 9.71. The molecule has 0 bridgehead atoms. The highest BCUT2D eigenvalue weighted by atomic mass is 16.5. The molecule has 3 aromatic rings. The summed E-state index contributed by atoms with van der Waals surface area (Å²) in [6.07, 6.45) is 2.12. The molecule has 1 radical (unpaired) electrons. The third kappa shape index (κ3) is 3.27. The van der Waals surface area contributed by atoms with Crippen molar-refractivity contribution >= 4 is 22.6 Å². The molecule has 29 heavy (non-hydrogen) atoms. The molecule has 2 aromatic carbocycles. The zero-order valence-electron chi connectivity index (χ0n) is 15.8. The Bertz CT molecular complexity index is 1160. The van der Waals surface area contributed by atoms with E-state index in [4.69, 9.17) is 15.5 Å². The molecule has 1 atom stereocenters. The van der Waals surface area contributed by atoms with Gasteiger partial charge in [-0.1, -0.05) is 12.1 Å². The van der Waals surface area contributed by atoms with Crippen molar-refractivity contribution in [2.75, 3.05) is 11.9 Å². The minimum Gasteiger partial charge on any atom is -0.491 e. The molecule has 7 nitrogen and oxygen atoms in total. The molecule has 2 heterocycles. The van der Waals surface area contributed by atoms with E-state index in [0.717, 1.165) is 59.3 Å². The standard InChI is InChI=1S/C22H20N5O2/c23-12-13-3-1-4-14(7-13)22-26-18-10-16(25-17-8-15(17)9-20(24)28)11-19-21(18)27(22)5-2-6-29-19/h1,3-4,7,10-11,15,25H,2,5-6,8-9H2,(H2,24,28)/t15-/m0/s1. The number of carbonyl (C=O) groups is 1. The lowest BCUT2D eigenvalue weighted by Crippen LogP contribution is -2.12. The fraction of sp³-hybridized carbons (Fsp3) is 0.273. The number of hydrogen-bond donors (Lipinski definition) is 2. The predicted octanol–water partition coefficient (Wildman–Crippen LogP) is 3.20. The van der Waals surface area contributed by atoms with E-state index in [1.165, 1.54) is 0 Å².